The van der Waals surface area contributed by atoms with E-state index in [0.29, 0.717) is 11.8 Å². The number of hydrogen-bond acceptors (Lipinski definition) is 6. The van der Waals surface area contributed by atoms with Gasteiger partial charge >= 0.3 is 0 Å². The predicted molar refractivity (Wildman–Crippen MR) is 200 cm³/mol. The van der Waals surface area contributed by atoms with Gasteiger partial charge < -0.3 is 32.7 Å². The highest BCUT2D eigenvalue weighted by molar-refractivity contribution is 5.73. The Morgan fingerprint density at radius 2 is 0.870 bits per heavy atom. The van der Waals surface area contributed by atoms with E-state index in [4.69, 9.17) is 11.5 Å². The molecule has 3 aromatic rings. The van der Waals surface area contributed by atoms with Crippen molar-refractivity contribution in [3.05, 3.63) is 83.9 Å². The topological polar surface area (TPSA) is 100 Å². The molecule has 46 heavy (non-hydrogen) atoms. The monoisotopic (exact) mass is 629 g/mol. The molecule has 254 valence electrons. The lowest BCUT2D eigenvalue weighted by Crippen LogP contribution is -2.30. The van der Waals surface area contributed by atoms with Crippen molar-refractivity contribution in [2.24, 2.45) is 23.3 Å². The lowest BCUT2D eigenvalue weighted by atomic mass is 9.96. The lowest BCUT2D eigenvalue weighted by molar-refractivity contribution is 0.516. The maximum atomic E-state index is 6.46. The van der Waals surface area contributed by atoms with Crippen molar-refractivity contribution in [2.45, 2.75) is 78.3 Å². The minimum absolute atomic E-state index is 0.168. The van der Waals surface area contributed by atoms with E-state index in [2.05, 4.69) is 122 Å². The summed E-state index contributed by atoms with van der Waals surface area (Å²) in [5.41, 5.74) is 20.4. The molecule has 0 saturated carbocycles. The molecular weight excluding hydrogens is 564 g/mol. The van der Waals surface area contributed by atoms with Gasteiger partial charge in [0.05, 0.1) is 0 Å². The van der Waals surface area contributed by atoms with E-state index in [0.717, 1.165) is 90.9 Å². The molecular formula is C40H64N6. The Morgan fingerprint density at radius 3 is 1.26 bits per heavy atom. The van der Waals surface area contributed by atoms with Crippen LogP contribution in [0.2, 0.25) is 0 Å². The van der Waals surface area contributed by atoms with Crippen LogP contribution in [0.3, 0.4) is 0 Å². The SMILES string of the molecule is CC(C)CNCCCNCCC(N)Cc1ccc(-c2cccc(-c3ccc(CC(N)CCNCCCNCC(C)C)cc3)c2)cc1. The molecule has 0 aliphatic heterocycles. The molecule has 0 heterocycles. The molecule has 6 nitrogen and oxygen atoms in total. The number of nitrogens with two attached hydrogens (primary N) is 2. The molecule has 0 fully saturated rings. The maximum Gasteiger partial charge on any atom is 0.00914 e. The van der Waals surface area contributed by atoms with E-state index in [-0.39, 0.29) is 12.1 Å². The first-order chi connectivity index (χ1) is 22.3. The Labute approximate surface area is 280 Å². The van der Waals surface area contributed by atoms with Gasteiger partial charge in [-0.1, -0.05) is 94.4 Å². The number of benzene rings is 3. The molecule has 0 saturated heterocycles. The third-order valence-electron chi connectivity index (χ3n) is 8.34. The Kier molecular flexibility index (Phi) is 18.2. The van der Waals surface area contributed by atoms with Crippen molar-refractivity contribution in [2.75, 3.05) is 52.4 Å². The largest absolute Gasteiger partial charge is 0.327 e. The van der Waals surface area contributed by atoms with Gasteiger partial charge in [0.15, 0.2) is 0 Å². The molecule has 0 aliphatic rings. The molecule has 3 rings (SSSR count). The fourth-order valence-corrected chi connectivity index (χ4v) is 5.64. The molecule has 0 spiro atoms. The van der Waals surface area contributed by atoms with Crippen LogP contribution < -0.4 is 32.7 Å². The fourth-order valence-electron chi connectivity index (χ4n) is 5.64. The highest BCUT2D eigenvalue weighted by Crippen LogP contribution is 2.27. The summed E-state index contributed by atoms with van der Waals surface area (Å²) in [6.45, 7) is 17.3. The Morgan fingerprint density at radius 1 is 0.478 bits per heavy atom. The normalized spacial score (nSPS) is 13.0. The number of rotatable bonds is 24. The second-order valence-corrected chi connectivity index (χ2v) is 13.9. The molecule has 0 bridgehead atoms. The summed E-state index contributed by atoms with van der Waals surface area (Å²) in [5.74, 6) is 1.42. The molecule has 0 radical (unpaired) electrons. The van der Waals surface area contributed by atoms with E-state index >= 15 is 0 Å². The van der Waals surface area contributed by atoms with Gasteiger partial charge in [-0.3, -0.25) is 0 Å². The van der Waals surface area contributed by atoms with Crippen molar-refractivity contribution in [1.82, 2.24) is 21.3 Å². The first-order valence-corrected chi connectivity index (χ1v) is 17.9. The van der Waals surface area contributed by atoms with Crippen molar-refractivity contribution in [1.29, 1.82) is 0 Å². The van der Waals surface area contributed by atoms with E-state index < -0.39 is 0 Å². The smallest absolute Gasteiger partial charge is 0.00914 e. The summed E-state index contributed by atoms with van der Waals surface area (Å²) >= 11 is 0. The maximum absolute atomic E-state index is 6.46. The van der Waals surface area contributed by atoms with Gasteiger partial charge in [0, 0.05) is 12.1 Å². The fraction of sp³-hybridized carbons (Fsp3) is 0.550. The summed E-state index contributed by atoms with van der Waals surface area (Å²) < 4.78 is 0. The molecule has 6 heteroatoms. The molecule has 8 N–H and O–H groups in total. The first kappa shape index (κ1) is 37.9. The van der Waals surface area contributed by atoms with Gasteiger partial charge in [-0.2, -0.15) is 0 Å². The van der Waals surface area contributed by atoms with Crippen LogP contribution >= 0.6 is 0 Å². The Balaban J connectivity index is 1.38. The highest BCUT2D eigenvalue weighted by Gasteiger charge is 2.08. The van der Waals surface area contributed by atoms with Crippen LogP contribution in [0.25, 0.3) is 22.3 Å². The molecule has 2 unspecified atom stereocenters. The minimum Gasteiger partial charge on any atom is -0.327 e. The summed E-state index contributed by atoms with van der Waals surface area (Å²) in [5, 5.41) is 14.1. The summed E-state index contributed by atoms with van der Waals surface area (Å²) in [6.07, 6.45) is 6.09. The van der Waals surface area contributed by atoms with Gasteiger partial charge in [-0.05, 0) is 142 Å². The van der Waals surface area contributed by atoms with Crippen molar-refractivity contribution < 1.29 is 0 Å². The summed E-state index contributed by atoms with van der Waals surface area (Å²) in [4.78, 5) is 0. The lowest BCUT2D eigenvalue weighted by Gasteiger charge is -2.14. The molecule has 2 atom stereocenters. The average Bonchev–Trinajstić information content (AvgIpc) is 3.04. The van der Waals surface area contributed by atoms with Gasteiger partial charge in [-0.15, -0.1) is 0 Å². The highest BCUT2D eigenvalue weighted by atomic mass is 14.9. The van der Waals surface area contributed by atoms with Gasteiger partial charge in [0.25, 0.3) is 0 Å². The van der Waals surface area contributed by atoms with Crippen LogP contribution in [-0.2, 0) is 12.8 Å². The van der Waals surface area contributed by atoms with Crippen molar-refractivity contribution in [3.63, 3.8) is 0 Å². The van der Waals surface area contributed by atoms with E-state index in [1.807, 2.05) is 0 Å². The molecule has 3 aromatic carbocycles. The van der Waals surface area contributed by atoms with Crippen LogP contribution in [0.5, 0.6) is 0 Å². The van der Waals surface area contributed by atoms with E-state index in [1.54, 1.807) is 0 Å². The van der Waals surface area contributed by atoms with Crippen molar-refractivity contribution in [3.8, 4) is 22.3 Å². The van der Waals surface area contributed by atoms with E-state index in [1.165, 1.54) is 33.4 Å². The quantitative estimate of drug-likeness (QED) is 0.0682. The minimum atomic E-state index is 0.168. The van der Waals surface area contributed by atoms with Crippen LogP contribution in [0.1, 0.15) is 64.5 Å². The van der Waals surface area contributed by atoms with Gasteiger partial charge in [-0.25, -0.2) is 0 Å². The third kappa shape index (κ3) is 15.8. The zero-order valence-corrected chi connectivity index (χ0v) is 29.3. The van der Waals surface area contributed by atoms with E-state index in [9.17, 15) is 0 Å². The average molecular weight is 629 g/mol. The molecule has 0 aromatic heterocycles. The van der Waals surface area contributed by atoms with Crippen LogP contribution in [-0.4, -0.2) is 64.4 Å². The zero-order chi connectivity index (χ0) is 33.0. The zero-order valence-electron chi connectivity index (χ0n) is 29.3. The Hall–Kier alpha value is -2.58. The first-order valence-electron chi connectivity index (χ1n) is 17.9. The van der Waals surface area contributed by atoms with Crippen LogP contribution in [0.4, 0.5) is 0 Å². The van der Waals surface area contributed by atoms with Gasteiger partial charge in [0.2, 0.25) is 0 Å². The third-order valence-corrected chi connectivity index (χ3v) is 8.34. The molecule has 0 aliphatic carbocycles. The number of hydrogen-bond donors (Lipinski definition) is 6. The Bertz CT molecular complexity index is 1100. The molecule has 0 amide bonds. The van der Waals surface area contributed by atoms with Crippen LogP contribution in [0, 0.1) is 11.8 Å². The predicted octanol–water partition coefficient (Wildman–Crippen LogP) is 5.99. The number of nitrogens with one attached hydrogen (secondary N) is 4. The second kappa shape index (κ2) is 22.1. The van der Waals surface area contributed by atoms with Gasteiger partial charge in [0.1, 0.15) is 0 Å². The van der Waals surface area contributed by atoms with Crippen LogP contribution in [0.15, 0.2) is 72.8 Å². The summed E-state index contributed by atoms with van der Waals surface area (Å²) in [7, 11) is 0. The van der Waals surface area contributed by atoms with Crippen molar-refractivity contribution >= 4 is 0 Å². The second-order valence-electron chi connectivity index (χ2n) is 13.9. The standard InChI is InChI=1S/C40H64N6/c1-31(2)29-45-22-6-20-43-24-18-39(41)26-33-10-14-35(15-11-33)37-8-5-9-38(28-37)36-16-12-34(13-17-36)27-40(42)19-25-44-21-7-23-46-30-32(3)4/h5,8-17,28,31-32,39-40,43-46H,6-7,18-27,29-30,41-42H2,1-4H3. The summed E-state index contributed by atoms with van der Waals surface area (Å²) in [6, 6.07) is 27.0.